The largest absolute Gasteiger partial charge is 0.573 e. The molecule has 2 aromatic carbocycles. The molecule has 1 aliphatic rings. The molecule has 174 valence electrons. The van der Waals surface area contributed by atoms with Crippen LogP contribution in [0.3, 0.4) is 0 Å². The molecule has 32 heavy (non-hydrogen) atoms. The average molecular weight is 453 g/mol. The van der Waals surface area contributed by atoms with E-state index in [4.69, 9.17) is 4.74 Å². The molecule has 3 N–H and O–H groups in total. The van der Waals surface area contributed by atoms with Crippen molar-refractivity contribution < 1.29 is 32.5 Å². The van der Waals surface area contributed by atoms with E-state index in [0.717, 1.165) is 38.1 Å². The van der Waals surface area contributed by atoms with E-state index in [1.165, 1.54) is 12.1 Å². The number of alkyl halides is 3. The van der Waals surface area contributed by atoms with Gasteiger partial charge in [0.15, 0.2) is 0 Å². The molecular formula is C22H26F3N3O4. The number of halogens is 3. The Bertz CT molecular complexity index is 869. The van der Waals surface area contributed by atoms with Crippen LogP contribution in [0.2, 0.25) is 0 Å². The number of urea groups is 1. The number of aliphatic hydroxyl groups excluding tert-OH is 1. The highest BCUT2D eigenvalue weighted by atomic mass is 19.4. The van der Waals surface area contributed by atoms with Crippen molar-refractivity contribution in [3.63, 3.8) is 0 Å². The lowest BCUT2D eigenvalue weighted by Gasteiger charge is -2.29. The van der Waals surface area contributed by atoms with Crippen LogP contribution in [0.1, 0.15) is 24.5 Å². The van der Waals surface area contributed by atoms with E-state index >= 15 is 0 Å². The van der Waals surface area contributed by atoms with Crippen molar-refractivity contribution in [1.82, 2.24) is 10.2 Å². The quantitative estimate of drug-likeness (QED) is 0.565. The number of rotatable bonds is 8. The molecule has 2 atom stereocenters. The third-order valence-corrected chi connectivity index (χ3v) is 5.15. The Hall–Kier alpha value is -2.98. The Morgan fingerprint density at radius 3 is 2.22 bits per heavy atom. The number of anilines is 1. The summed E-state index contributed by atoms with van der Waals surface area (Å²) in [6.07, 6.45) is -3.63. The molecule has 2 aromatic rings. The number of carbonyl (C=O) groups is 1. The van der Waals surface area contributed by atoms with Crippen molar-refractivity contribution in [3.05, 3.63) is 54.1 Å². The van der Waals surface area contributed by atoms with Gasteiger partial charge in [-0.15, -0.1) is 13.2 Å². The van der Waals surface area contributed by atoms with Crippen LogP contribution in [-0.4, -0.2) is 55.2 Å². The summed E-state index contributed by atoms with van der Waals surface area (Å²) in [4.78, 5) is 14.7. The zero-order valence-electron chi connectivity index (χ0n) is 17.6. The highest BCUT2D eigenvalue weighted by molar-refractivity contribution is 5.89. The summed E-state index contributed by atoms with van der Waals surface area (Å²) in [6, 6.07) is 10.6. The van der Waals surface area contributed by atoms with E-state index in [9.17, 15) is 23.1 Å². The second kappa shape index (κ2) is 10.6. The van der Waals surface area contributed by atoms with Gasteiger partial charge in [0, 0.05) is 12.2 Å². The third-order valence-electron chi connectivity index (χ3n) is 5.15. The number of benzene rings is 2. The van der Waals surface area contributed by atoms with Crippen LogP contribution in [0, 0.1) is 0 Å². The first kappa shape index (κ1) is 23.7. The van der Waals surface area contributed by atoms with Crippen molar-refractivity contribution in [2.45, 2.75) is 31.3 Å². The third kappa shape index (κ3) is 7.03. The number of carbonyl (C=O) groups excluding carboxylic acids is 1. The van der Waals surface area contributed by atoms with Gasteiger partial charge in [0.1, 0.15) is 17.6 Å². The fraction of sp³-hybridized carbons (Fsp3) is 0.409. The second-order valence-electron chi connectivity index (χ2n) is 7.50. The Morgan fingerprint density at radius 1 is 1.06 bits per heavy atom. The topological polar surface area (TPSA) is 83.1 Å². The number of hydrogen-bond donors (Lipinski definition) is 3. The van der Waals surface area contributed by atoms with Gasteiger partial charge in [0.25, 0.3) is 0 Å². The molecule has 1 fully saturated rings. The van der Waals surface area contributed by atoms with Crippen LogP contribution >= 0.6 is 0 Å². The number of aliphatic hydroxyl groups is 1. The van der Waals surface area contributed by atoms with Gasteiger partial charge in [-0.3, -0.25) is 0 Å². The molecule has 7 nitrogen and oxygen atoms in total. The van der Waals surface area contributed by atoms with Gasteiger partial charge in [-0.1, -0.05) is 12.1 Å². The predicted octanol–water partition coefficient (Wildman–Crippen LogP) is 3.91. The lowest BCUT2D eigenvalue weighted by atomic mass is 10.0. The lowest BCUT2D eigenvalue weighted by Crippen LogP contribution is -2.48. The summed E-state index contributed by atoms with van der Waals surface area (Å²) in [5.41, 5.74) is 0.917. The maximum atomic E-state index is 12.6. The summed E-state index contributed by atoms with van der Waals surface area (Å²) >= 11 is 0. The number of methoxy groups -OCH3 is 1. The van der Waals surface area contributed by atoms with Crippen LogP contribution in [-0.2, 0) is 0 Å². The van der Waals surface area contributed by atoms with Gasteiger partial charge < -0.3 is 30.1 Å². The van der Waals surface area contributed by atoms with Crippen LogP contribution in [0.15, 0.2) is 48.5 Å². The summed E-state index contributed by atoms with van der Waals surface area (Å²) in [6.45, 7) is 2.23. The average Bonchev–Trinajstić information content (AvgIpc) is 3.26. The van der Waals surface area contributed by atoms with Crippen LogP contribution < -0.4 is 20.1 Å². The van der Waals surface area contributed by atoms with Crippen molar-refractivity contribution in [3.8, 4) is 11.5 Å². The number of nitrogens with zero attached hydrogens (tertiary/aromatic N) is 1. The fourth-order valence-electron chi connectivity index (χ4n) is 3.58. The zero-order valence-corrected chi connectivity index (χ0v) is 17.6. The Kier molecular flexibility index (Phi) is 7.81. The van der Waals surface area contributed by atoms with Gasteiger partial charge in [-0.25, -0.2) is 4.79 Å². The van der Waals surface area contributed by atoms with Gasteiger partial charge in [-0.05, 0) is 67.9 Å². The molecule has 0 aromatic heterocycles. The van der Waals surface area contributed by atoms with Crippen LogP contribution in [0.4, 0.5) is 23.7 Å². The summed E-state index contributed by atoms with van der Waals surface area (Å²) in [7, 11) is 1.55. The highest BCUT2D eigenvalue weighted by Gasteiger charge is 2.31. The van der Waals surface area contributed by atoms with Crippen molar-refractivity contribution >= 4 is 11.7 Å². The Morgan fingerprint density at radius 2 is 1.66 bits per heavy atom. The molecule has 0 spiro atoms. The summed E-state index contributed by atoms with van der Waals surface area (Å²) < 4.78 is 45.8. The fourth-order valence-corrected chi connectivity index (χ4v) is 3.58. The molecule has 1 saturated heterocycles. The minimum atomic E-state index is -4.79. The Labute approximate surface area is 184 Å². The minimum Gasteiger partial charge on any atom is -0.497 e. The SMILES string of the molecule is COc1ccc([C@@H](O)[C@@H](CN2CCCC2)NC(=O)Nc2ccc(OC(F)(F)F)cc2)cc1. The smallest absolute Gasteiger partial charge is 0.497 e. The normalized spacial score (nSPS) is 16.3. The highest BCUT2D eigenvalue weighted by Crippen LogP contribution is 2.25. The van der Waals surface area contributed by atoms with E-state index < -0.39 is 24.5 Å². The van der Waals surface area contributed by atoms with E-state index in [1.54, 1.807) is 31.4 Å². The molecule has 1 aliphatic heterocycles. The second-order valence-corrected chi connectivity index (χ2v) is 7.50. The predicted molar refractivity (Wildman–Crippen MR) is 113 cm³/mol. The molecule has 0 saturated carbocycles. The molecule has 0 unspecified atom stereocenters. The molecule has 10 heteroatoms. The first-order chi connectivity index (χ1) is 15.2. The van der Waals surface area contributed by atoms with Gasteiger partial charge in [0.2, 0.25) is 0 Å². The van der Waals surface area contributed by atoms with Crippen molar-refractivity contribution in [2.24, 2.45) is 0 Å². The molecule has 2 amide bonds. The molecule has 0 aliphatic carbocycles. The van der Waals surface area contributed by atoms with E-state index in [0.29, 0.717) is 17.9 Å². The van der Waals surface area contributed by atoms with E-state index in [2.05, 4.69) is 20.3 Å². The maximum absolute atomic E-state index is 12.6. The summed E-state index contributed by atoms with van der Waals surface area (Å²) in [5, 5.41) is 16.3. The van der Waals surface area contributed by atoms with Crippen LogP contribution in [0.25, 0.3) is 0 Å². The van der Waals surface area contributed by atoms with E-state index in [-0.39, 0.29) is 11.4 Å². The molecule has 0 bridgehead atoms. The van der Waals surface area contributed by atoms with E-state index in [1.807, 2.05) is 0 Å². The molecule has 1 heterocycles. The van der Waals surface area contributed by atoms with Gasteiger partial charge in [-0.2, -0.15) is 0 Å². The zero-order chi connectivity index (χ0) is 23.1. The number of ether oxygens (including phenoxy) is 2. The molecule has 0 radical (unpaired) electrons. The lowest BCUT2D eigenvalue weighted by molar-refractivity contribution is -0.274. The standard InChI is InChI=1S/C22H26F3N3O4/c1-31-17-8-4-15(5-9-17)20(29)19(14-28-12-2-3-13-28)27-21(30)26-16-6-10-18(11-7-16)32-22(23,24)25/h4-11,19-20,29H,2-3,12-14H2,1H3,(H2,26,27,30)/t19-,20-/m1/s1. The number of hydrogen-bond acceptors (Lipinski definition) is 5. The van der Waals surface area contributed by atoms with Crippen molar-refractivity contribution in [1.29, 1.82) is 0 Å². The van der Waals surface area contributed by atoms with Crippen molar-refractivity contribution in [2.75, 3.05) is 32.1 Å². The first-order valence-corrected chi connectivity index (χ1v) is 10.2. The maximum Gasteiger partial charge on any atom is 0.573 e. The van der Waals surface area contributed by atoms with Crippen LogP contribution in [0.5, 0.6) is 11.5 Å². The number of amides is 2. The number of likely N-dealkylation sites (tertiary alicyclic amines) is 1. The molecule has 3 rings (SSSR count). The monoisotopic (exact) mass is 453 g/mol. The minimum absolute atomic E-state index is 0.288. The Balaban J connectivity index is 1.65. The van der Waals surface area contributed by atoms with Gasteiger partial charge in [0.05, 0.1) is 13.2 Å². The number of nitrogens with one attached hydrogen (secondary N) is 2. The molecular weight excluding hydrogens is 427 g/mol. The van der Waals surface area contributed by atoms with Gasteiger partial charge >= 0.3 is 12.4 Å². The first-order valence-electron chi connectivity index (χ1n) is 10.2. The summed E-state index contributed by atoms with van der Waals surface area (Å²) in [5.74, 6) is 0.269.